The highest BCUT2D eigenvalue weighted by molar-refractivity contribution is 5.67. The zero-order valence-corrected chi connectivity index (χ0v) is 12.3. The van der Waals surface area contributed by atoms with Gasteiger partial charge >= 0.3 is 0 Å². The summed E-state index contributed by atoms with van der Waals surface area (Å²) in [4.78, 5) is 0. The van der Waals surface area contributed by atoms with Crippen molar-refractivity contribution in [2.75, 3.05) is 0 Å². The van der Waals surface area contributed by atoms with Crippen molar-refractivity contribution in [1.29, 1.82) is 0 Å². The summed E-state index contributed by atoms with van der Waals surface area (Å²) in [5.74, 6) is 1.15. The van der Waals surface area contributed by atoms with Crippen LogP contribution in [0.25, 0.3) is 5.70 Å². The molecule has 1 aromatic carbocycles. The van der Waals surface area contributed by atoms with E-state index in [1.54, 1.807) is 18.3 Å². The van der Waals surface area contributed by atoms with E-state index in [0.717, 1.165) is 23.5 Å². The normalized spacial score (nSPS) is 18.0. The van der Waals surface area contributed by atoms with Gasteiger partial charge in [0.05, 0.1) is 11.5 Å². The number of benzene rings is 1. The minimum Gasteiger partial charge on any atom is -0.386 e. The Morgan fingerprint density at radius 2 is 2.29 bits per heavy atom. The minimum atomic E-state index is -0.255. The van der Waals surface area contributed by atoms with Gasteiger partial charge in [-0.05, 0) is 37.6 Å². The number of nitrogens with two attached hydrogens (primary N) is 1. The van der Waals surface area contributed by atoms with Gasteiger partial charge in [0, 0.05) is 17.8 Å². The molecular weight excluding hydrogens is 267 g/mol. The lowest BCUT2D eigenvalue weighted by atomic mass is 10.2. The van der Waals surface area contributed by atoms with Gasteiger partial charge < -0.3 is 21.7 Å². The van der Waals surface area contributed by atoms with Crippen molar-refractivity contribution in [3.8, 4) is 0 Å². The molecule has 0 radical (unpaired) electrons. The van der Waals surface area contributed by atoms with Crippen LogP contribution in [0, 0.1) is 5.82 Å². The van der Waals surface area contributed by atoms with Crippen molar-refractivity contribution in [2.24, 2.45) is 5.73 Å². The molecule has 0 amide bonds. The van der Waals surface area contributed by atoms with Crippen molar-refractivity contribution in [3.63, 3.8) is 0 Å². The van der Waals surface area contributed by atoms with E-state index in [1.807, 2.05) is 12.1 Å². The fourth-order valence-electron chi connectivity index (χ4n) is 1.88. The minimum absolute atomic E-state index is 0.255. The van der Waals surface area contributed by atoms with E-state index < -0.39 is 0 Å². The van der Waals surface area contributed by atoms with E-state index in [4.69, 9.17) is 5.73 Å². The summed E-state index contributed by atoms with van der Waals surface area (Å²) in [7, 11) is 0. The summed E-state index contributed by atoms with van der Waals surface area (Å²) in [5, 5.41) is 9.43. The molecule has 0 spiro atoms. The van der Waals surface area contributed by atoms with Crippen molar-refractivity contribution in [2.45, 2.75) is 26.3 Å². The molecule has 2 rings (SSSR count). The SMILES string of the molecule is CCC(C)N/C(N)=C/C=C1/NC=C(c2cccc(F)c2)N1. The molecule has 1 heterocycles. The predicted octanol–water partition coefficient (Wildman–Crippen LogP) is 2.35. The second kappa shape index (κ2) is 6.83. The first kappa shape index (κ1) is 15.0. The number of allylic oxidation sites excluding steroid dienone is 2. The Morgan fingerprint density at radius 3 is 3.00 bits per heavy atom. The second-order valence-electron chi connectivity index (χ2n) is 4.99. The molecule has 0 fully saturated rings. The zero-order valence-electron chi connectivity index (χ0n) is 12.3. The first-order chi connectivity index (χ1) is 10.1. The molecule has 1 aliphatic heterocycles. The van der Waals surface area contributed by atoms with Crippen molar-refractivity contribution < 1.29 is 4.39 Å². The van der Waals surface area contributed by atoms with Crippen LogP contribution in [0.4, 0.5) is 4.39 Å². The van der Waals surface area contributed by atoms with Gasteiger partial charge in [-0.25, -0.2) is 4.39 Å². The molecule has 1 aliphatic rings. The van der Waals surface area contributed by atoms with Gasteiger partial charge in [-0.1, -0.05) is 19.1 Å². The lowest BCUT2D eigenvalue weighted by Gasteiger charge is -2.12. The predicted molar refractivity (Wildman–Crippen MR) is 83.9 cm³/mol. The van der Waals surface area contributed by atoms with E-state index in [1.165, 1.54) is 12.1 Å². The second-order valence-corrected chi connectivity index (χ2v) is 4.99. The molecule has 5 N–H and O–H groups in total. The van der Waals surface area contributed by atoms with E-state index >= 15 is 0 Å². The third-order valence-corrected chi connectivity index (χ3v) is 3.23. The third-order valence-electron chi connectivity index (χ3n) is 3.23. The smallest absolute Gasteiger partial charge is 0.123 e. The standard InChI is InChI=1S/C16H21FN4/c1-3-11(2)20-15(18)7-8-16-19-10-14(21-16)12-5-4-6-13(17)9-12/h4-11,19-21H,3,18H2,1-2H3/b15-7+,16-8-. The maximum atomic E-state index is 13.2. The van der Waals surface area contributed by atoms with Gasteiger partial charge in [0.15, 0.2) is 0 Å². The van der Waals surface area contributed by atoms with E-state index in [2.05, 4.69) is 29.8 Å². The summed E-state index contributed by atoms with van der Waals surface area (Å²) < 4.78 is 13.2. The number of hydrogen-bond acceptors (Lipinski definition) is 4. The monoisotopic (exact) mass is 288 g/mol. The first-order valence-corrected chi connectivity index (χ1v) is 7.02. The van der Waals surface area contributed by atoms with Gasteiger partial charge in [-0.3, -0.25) is 0 Å². The molecule has 1 atom stereocenters. The average Bonchev–Trinajstić information content (AvgIpc) is 2.94. The molecule has 0 aliphatic carbocycles. The van der Waals surface area contributed by atoms with Crippen LogP contribution in [0.15, 0.2) is 54.3 Å². The Morgan fingerprint density at radius 1 is 1.48 bits per heavy atom. The number of rotatable bonds is 5. The maximum absolute atomic E-state index is 13.2. The maximum Gasteiger partial charge on any atom is 0.123 e. The topological polar surface area (TPSA) is 62.1 Å². The van der Waals surface area contributed by atoms with Crippen LogP contribution in [0.5, 0.6) is 0 Å². The molecule has 0 aromatic heterocycles. The van der Waals surface area contributed by atoms with Crippen LogP contribution < -0.4 is 21.7 Å². The van der Waals surface area contributed by atoms with Crippen LogP contribution in [0.2, 0.25) is 0 Å². The van der Waals surface area contributed by atoms with Gasteiger partial charge in [0.25, 0.3) is 0 Å². The number of hydrogen-bond donors (Lipinski definition) is 4. The lowest BCUT2D eigenvalue weighted by molar-refractivity contribution is 0.591. The molecule has 0 saturated carbocycles. The molecule has 4 nitrogen and oxygen atoms in total. The van der Waals surface area contributed by atoms with Crippen molar-refractivity contribution in [3.05, 3.63) is 65.6 Å². The largest absolute Gasteiger partial charge is 0.386 e. The Kier molecular flexibility index (Phi) is 4.87. The number of halogens is 1. The van der Waals surface area contributed by atoms with Crippen LogP contribution in [0.3, 0.4) is 0 Å². The first-order valence-electron chi connectivity index (χ1n) is 7.02. The van der Waals surface area contributed by atoms with Crippen LogP contribution >= 0.6 is 0 Å². The van der Waals surface area contributed by atoms with Crippen molar-refractivity contribution >= 4 is 5.70 Å². The highest BCUT2D eigenvalue weighted by Gasteiger charge is 2.10. The Labute approximate surface area is 124 Å². The molecule has 21 heavy (non-hydrogen) atoms. The van der Waals surface area contributed by atoms with E-state index in [9.17, 15) is 4.39 Å². The molecule has 1 aromatic rings. The lowest BCUT2D eigenvalue weighted by Crippen LogP contribution is -2.28. The molecule has 0 bridgehead atoms. The molecule has 5 heteroatoms. The molecular formula is C16H21FN4. The highest BCUT2D eigenvalue weighted by atomic mass is 19.1. The summed E-state index contributed by atoms with van der Waals surface area (Å²) in [6.07, 6.45) is 6.44. The summed E-state index contributed by atoms with van der Waals surface area (Å²) in [5.41, 5.74) is 7.49. The van der Waals surface area contributed by atoms with Gasteiger partial charge in [0.2, 0.25) is 0 Å². The van der Waals surface area contributed by atoms with Crippen LogP contribution in [-0.2, 0) is 0 Å². The zero-order chi connectivity index (χ0) is 15.2. The van der Waals surface area contributed by atoms with Crippen molar-refractivity contribution in [1.82, 2.24) is 16.0 Å². The number of nitrogens with one attached hydrogen (secondary N) is 3. The quantitative estimate of drug-likeness (QED) is 0.672. The average molecular weight is 288 g/mol. The van der Waals surface area contributed by atoms with Gasteiger partial charge in [0.1, 0.15) is 11.6 Å². The Bertz CT molecular complexity index is 590. The summed E-state index contributed by atoms with van der Waals surface area (Å²) >= 11 is 0. The Balaban J connectivity index is 1.98. The fraction of sp³-hybridized carbons (Fsp3) is 0.250. The summed E-state index contributed by atoms with van der Waals surface area (Å²) in [6, 6.07) is 6.78. The Hall–Kier alpha value is -2.43. The molecule has 1 unspecified atom stereocenters. The highest BCUT2D eigenvalue weighted by Crippen LogP contribution is 2.16. The summed E-state index contributed by atoms with van der Waals surface area (Å²) in [6.45, 7) is 4.17. The van der Waals surface area contributed by atoms with E-state index in [0.29, 0.717) is 11.9 Å². The van der Waals surface area contributed by atoms with Gasteiger partial charge in [-0.2, -0.15) is 0 Å². The van der Waals surface area contributed by atoms with Gasteiger partial charge in [-0.15, -0.1) is 0 Å². The third kappa shape index (κ3) is 4.27. The van der Waals surface area contributed by atoms with Crippen LogP contribution in [-0.4, -0.2) is 6.04 Å². The van der Waals surface area contributed by atoms with Crippen LogP contribution in [0.1, 0.15) is 25.8 Å². The molecule has 112 valence electrons. The fourth-order valence-corrected chi connectivity index (χ4v) is 1.88. The molecule has 0 saturated heterocycles. The van der Waals surface area contributed by atoms with E-state index in [-0.39, 0.29) is 5.82 Å².